The second kappa shape index (κ2) is 3.38. The molecule has 1 aliphatic carbocycles. The lowest BCUT2D eigenvalue weighted by molar-refractivity contribution is 0.500. The minimum absolute atomic E-state index is 0.311. The van der Waals surface area contributed by atoms with Gasteiger partial charge >= 0.3 is 0 Å². The number of rotatable bonds is 4. The standard InChI is InChI=1S/C9H15N3O/c1-7(6-10)12(8-2-3-8)9-11-4-5-13-9/h4-5,7-8H,2-3,6,10H2,1H3. The third-order valence-corrected chi connectivity index (χ3v) is 2.40. The lowest BCUT2D eigenvalue weighted by Gasteiger charge is -2.26. The van der Waals surface area contributed by atoms with Crippen LogP contribution >= 0.6 is 0 Å². The molecule has 0 bridgehead atoms. The van der Waals surface area contributed by atoms with Crippen LogP contribution in [0.3, 0.4) is 0 Å². The predicted molar refractivity (Wildman–Crippen MR) is 50.5 cm³/mol. The van der Waals surface area contributed by atoms with Gasteiger partial charge in [-0.25, -0.2) is 4.98 Å². The van der Waals surface area contributed by atoms with Crippen molar-refractivity contribution in [3.63, 3.8) is 0 Å². The second-order valence-corrected chi connectivity index (χ2v) is 3.54. The zero-order valence-electron chi connectivity index (χ0n) is 7.81. The lowest BCUT2D eigenvalue weighted by Crippen LogP contribution is -2.40. The largest absolute Gasteiger partial charge is 0.432 e. The fraction of sp³-hybridized carbons (Fsp3) is 0.667. The van der Waals surface area contributed by atoms with E-state index in [1.165, 1.54) is 12.8 Å². The molecule has 0 spiro atoms. The summed E-state index contributed by atoms with van der Waals surface area (Å²) in [6.07, 6.45) is 5.74. The summed E-state index contributed by atoms with van der Waals surface area (Å²) in [5.41, 5.74) is 5.63. The Labute approximate surface area is 77.7 Å². The molecule has 13 heavy (non-hydrogen) atoms. The predicted octanol–water partition coefficient (Wildman–Crippen LogP) is 0.991. The third-order valence-electron chi connectivity index (χ3n) is 2.40. The van der Waals surface area contributed by atoms with Crippen LogP contribution in [0, 0.1) is 0 Å². The van der Waals surface area contributed by atoms with E-state index in [1.54, 1.807) is 12.5 Å². The van der Waals surface area contributed by atoms with E-state index in [-0.39, 0.29) is 0 Å². The Balaban J connectivity index is 2.13. The molecule has 0 radical (unpaired) electrons. The minimum atomic E-state index is 0.311. The Hall–Kier alpha value is -1.03. The first-order chi connectivity index (χ1) is 6.33. The van der Waals surface area contributed by atoms with E-state index >= 15 is 0 Å². The normalized spacial score (nSPS) is 18.6. The SMILES string of the molecule is CC(CN)N(c1ncco1)C1CC1. The number of oxazole rings is 1. The molecule has 4 heteroatoms. The average molecular weight is 181 g/mol. The fourth-order valence-electron chi connectivity index (χ4n) is 1.51. The van der Waals surface area contributed by atoms with Gasteiger partial charge in [0.05, 0.1) is 6.20 Å². The van der Waals surface area contributed by atoms with Crippen molar-refractivity contribution in [2.45, 2.75) is 31.8 Å². The minimum Gasteiger partial charge on any atom is -0.432 e. The van der Waals surface area contributed by atoms with Crippen molar-refractivity contribution in [1.29, 1.82) is 0 Å². The van der Waals surface area contributed by atoms with Crippen molar-refractivity contribution >= 4 is 6.01 Å². The Kier molecular flexibility index (Phi) is 2.22. The summed E-state index contributed by atoms with van der Waals surface area (Å²) in [5.74, 6) is 0. The first-order valence-electron chi connectivity index (χ1n) is 4.71. The Bertz CT molecular complexity index is 256. The number of nitrogens with zero attached hydrogens (tertiary/aromatic N) is 2. The van der Waals surface area contributed by atoms with Crippen molar-refractivity contribution in [2.24, 2.45) is 5.73 Å². The Morgan fingerprint density at radius 1 is 1.77 bits per heavy atom. The van der Waals surface area contributed by atoms with Crippen molar-refractivity contribution in [3.8, 4) is 0 Å². The highest BCUT2D eigenvalue weighted by Gasteiger charge is 2.34. The Morgan fingerprint density at radius 3 is 3.00 bits per heavy atom. The van der Waals surface area contributed by atoms with E-state index in [0.29, 0.717) is 24.6 Å². The van der Waals surface area contributed by atoms with Gasteiger partial charge in [0.1, 0.15) is 6.26 Å². The number of hydrogen-bond acceptors (Lipinski definition) is 4. The maximum atomic E-state index is 5.63. The topological polar surface area (TPSA) is 55.3 Å². The molecule has 1 aromatic rings. The quantitative estimate of drug-likeness (QED) is 0.752. The second-order valence-electron chi connectivity index (χ2n) is 3.54. The molecule has 1 unspecified atom stereocenters. The molecule has 0 aliphatic heterocycles. The van der Waals surface area contributed by atoms with Crippen LogP contribution in [-0.2, 0) is 0 Å². The summed E-state index contributed by atoms with van der Waals surface area (Å²) < 4.78 is 5.28. The summed E-state index contributed by atoms with van der Waals surface area (Å²) in [6, 6.07) is 1.61. The van der Waals surface area contributed by atoms with Gasteiger partial charge in [-0.15, -0.1) is 0 Å². The monoisotopic (exact) mass is 181 g/mol. The molecule has 2 N–H and O–H groups in total. The van der Waals surface area contributed by atoms with E-state index in [4.69, 9.17) is 10.2 Å². The smallest absolute Gasteiger partial charge is 0.297 e. The zero-order valence-corrected chi connectivity index (χ0v) is 7.81. The highest BCUT2D eigenvalue weighted by atomic mass is 16.4. The molecule has 1 saturated carbocycles. The maximum Gasteiger partial charge on any atom is 0.297 e. The van der Waals surface area contributed by atoms with Crippen LogP contribution < -0.4 is 10.6 Å². The van der Waals surface area contributed by atoms with Crippen LogP contribution in [0.25, 0.3) is 0 Å². The molecule has 0 aromatic carbocycles. The van der Waals surface area contributed by atoms with Crippen LogP contribution in [0.15, 0.2) is 16.9 Å². The van der Waals surface area contributed by atoms with Crippen LogP contribution in [0.1, 0.15) is 19.8 Å². The van der Waals surface area contributed by atoms with E-state index < -0.39 is 0 Å². The molecular formula is C9H15N3O. The van der Waals surface area contributed by atoms with Crippen LogP contribution in [0.5, 0.6) is 0 Å². The Morgan fingerprint density at radius 2 is 2.54 bits per heavy atom. The summed E-state index contributed by atoms with van der Waals surface area (Å²) in [7, 11) is 0. The van der Waals surface area contributed by atoms with Gasteiger partial charge in [0.15, 0.2) is 0 Å². The third kappa shape index (κ3) is 1.67. The van der Waals surface area contributed by atoms with Gasteiger partial charge in [0.25, 0.3) is 6.01 Å². The van der Waals surface area contributed by atoms with E-state index in [9.17, 15) is 0 Å². The maximum absolute atomic E-state index is 5.63. The van der Waals surface area contributed by atoms with Crippen molar-refractivity contribution < 1.29 is 4.42 Å². The summed E-state index contributed by atoms with van der Waals surface area (Å²) in [5, 5.41) is 0. The molecule has 0 amide bonds. The molecule has 0 saturated heterocycles. The highest BCUT2D eigenvalue weighted by molar-refractivity contribution is 5.32. The molecule has 1 atom stereocenters. The summed E-state index contributed by atoms with van der Waals surface area (Å²) >= 11 is 0. The van der Waals surface area contributed by atoms with Gasteiger partial charge < -0.3 is 15.1 Å². The van der Waals surface area contributed by atoms with Gasteiger partial charge in [0.2, 0.25) is 0 Å². The molecule has 1 heterocycles. The van der Waals surface area contributed by atoms with Gasteiger partial charge in [-0.1, -0.05) is 0 Å². The molecule has 2 rings (SSSR count). The van der Waals surface area contributed by atoms with Crippen molar-refractivity contribution in [1.82, 2.24) is 4.98 Å². The zero-order chi connectivity index (χ0) is 9.26. The van der Waals surface area contributed by atoms with Crippen molar-refractivity contribution in [3.05, 3.63) is 12.5 Å². The molecule has 1 aromatic heterocycles. The average Bonchev–Trinajstić information content (AvgIpc) is 2.81. The summed E-state index contributed by atoms with van der Waals surface area (Å²) in [6.45, 7) is 2.74. The van der Waals surface area contributed by atoms with Gasteiger partial charge in [-0.2, -0.15) is 0 Å². The fourth-order valence-corrected chi connectivity index (χ4v) is 1.51. The van der Waals surface area contributed by atoms with Crippen molar-refractivity contribution in [2.75, 3.05) is 11.4 Å². The van der Waals surface area contributed by atoms with Gasteiger partial charge in [-0.3, -0.25) is 0 Å². The number of anilines is 1. The van der Waals surface area contributed by atoms with E-state index in [0.717, 1.165) is 0 Å². The first kappa shape index (κ1) is 8.56. The molecule has 4 nitrogen and oxygen atoms in total. The van der Waals surface area contributed by atoms with E-state index in [1.807, 2.05) is 0 Å². The van der Waals surface area contributed by atoms with Crippen LogP contribution in [0.4, 0.5) is 6.01 Å². The van der Waals surface area contributed by atoms with Gasteiger partial charge in [-0.05, 0) is 19.8 Å². The molecule has 72 valence electrons. The number of nitrogens with two attached hydrogens (primary N) is 1. The highest BCUT2D eigenvalue weighted by Crippen LogP contribution is 2.32. The lowest BCUT2D eigenvalue weighted by atomic mass is 10.3. The number of hydrogen-bond donors (Lipinski definition) is 1. The van der Waals surface area contributed by atoms with Crippen LogP contribution in [0.2, 0.25) is 0 Å². The van der Waals surface area contributed by atoms with Crippen LogP contribution in [-0.4, -0.2) is 23.6 Å². The summed E-state index contributed by atoms with van der Waals surface area (Å²) in [4.78, 5) is 6.33. The molecular weight excluding hydrogens is 166 g/mol. The first-order valence-corrected chi connectivity index (χ1v) is 4.71. The molecule has 1 fully saturated rings. The van der Waals surface area contributed by atoms with Gasteiger partial charge in [0, 0.05) is 18.6 Å². The van der Waals surface area contributed by atoms with E-state index in [2.05, 4.69) is 16.8 Å². The molecule has 1 aliphatic rings. The number of aromatic nitrogens is 1.